The summed E-state index contributed by atoms with van der Waals surface area (Å²) in [6, 6.07) is 1.45. The summed E-state index contributed by atoms with van der Waals surface area (Å²) in [6.45, 7) is 3.30. The SMILES string of the molecule is CC(=O)OC[C@@H]1O[C@@H](n2ccc(=S)[nH]c2=O)[C@@H](OC(C)=O)[C@@H]1OC(C)=O. The molecule has 11 heteroatoms. The Morgan fingerprint density at radius 2 is 1.77 bits per heavy atom. The van der Waals surface area contributed by atoms with E-state index in [4.69, 9.17) is 31.2 Å². The van der Waals surface area contributed by atoms with E-state index >= 15 is 0 Å². The number of hydrogen-bond acceptors (Lipinski definition) is 9. The van der Waals surface area contributed by atoms with Crippen molar-refractivity contribution in [2.45, 2.75) is 45.3 Å². The van der Waals surface area contributed by atoms with Gasteiger partial charge in [-0.05, 0) is 6.07 Å². The van der Waals surface area contributed by atoms with Gasteiger partial charge in [0.1, 0.15) is 17.4 Å². The fourth-order valence-corrected chi connectivity index (χ4v) is 2.69. The van der Waals surface area contributed by atoms with E-state index in [-0.39, 0.29) is 11.2 Å². The fourth-order valence-electron chi connectivity index (χ4n) is 2.54. The maximum absolute atomic E-state index is 12.2. The van der Waals surface area contributed by atoms with Crippen LogP contribution in [-0.2, 0) is 33.3 Å². The molecule has 2 rings (SSSR count). The molecule has 0 bridgehead atoms. The van der Waals surface area contributed by atoms with Crippen LogP contribution in [0.15, 0.2) is 17.1 Å². The minimum atomic E-state index is -1.13. The van der Waals surface area contributed by atoms with Crippen molar-refractivity contribution < 1.29 is 33.3 Å². The van der Waals surface area contributed by atoms with E-state index in [1.807, 2.05) is 0 Å². The highest BCUT2D eigenvalue weighted by molar-refractivity contribution is 7.71. The first-order valence-corrected chi connectivity index (χ1v) is 8.04. The van der Waals surface area contributed by atoms with Crippen LogP contribution in [0.1, 0.15) is 27.0 Å². The number of aromatic amines is 1. The van der Waals surface area contributed by atoms with Gasteiger partial charge >= 0.3 is 23.6 Å². The zero-order chi connectivity index (χ0) is 19.4. The lowest BCUT2D eigenvalue weighted by Crippen LogP contribution is -2.41. The molecule has 1 aromatic rings. The molecule has 1 aliphatic heterocycles. The Kier molecular flexibility index (Phi) is 6.27. The summed E-state index contributed by atoms with van der Waals surface area (Å²) in [6.07, 6.45) is -2.88. The van der Waals surface area contributed by atoms with E-state index in [0.29, 0.717) is 0 Å². The number of ether oxygens (including phenoxy) is 4. The standard InChI is InChI=1S/C15H18N2O8S/c1-7(18)22-6-10-12(23-8(2)19)13(24-9(3)20)14(25-10)17-5-4-11(26)16-15(17)21/h4-5,10,12-14H,6H2,1-3H3,(H,16,21,26)/t10-,12+,13-,14+/m0/s1. The maximum atomic E-state index is 12.2. The van der Waals surface area contributed by atoms with Gasteiger partial charge in [-0.1, -0.05) is 12.2 Å². The number of H-pyrrole nitrogens is 1. The van der Waals surface area contributed by atoms with Gasteiger partial charge in [0, 0.05) is 27.0 Å². The highest BCUT2D eigenvalue weighted by Gasteiger charge is 2.50. The van der Waals surface area contributed by atoms with Crippen molar-refractivity contribution in [2.75, 3.05) is 6.61 Å². The van der Waals surface area contributed by atoms with Crippen LogP contribution in [0.5, 0.6) is 0 Å². The van der Waals surface area contributed by atoms with E-state index in [2.05, 4.69) is 4.98 Å². The molecule has 0 aromatic carbocycles. The third-order valence-electron chi connectivity index (χ3n) is 3.47. The molecule has 2 heterocycles. The topological polar surface area (TPSA) is 126 Å². The molecule has 4 atom stereocenters. The Labute approximate surface area is 153 Å². The van der Waals surface area contributed by atoms with Gasteiger partial charge in [-0.3, -0.25) is 23.9 Å². The van der Waals surface area contributed by atoms with Crippen molar-refractivity contribution >= 4 is 30.1 Å². The first kappa shape index (κ1) is 19.8. The average molecular weight is 386 g/mol. The molecule has 26 heavy (non-hydrogen) atoms. The first-order valence-electron chi connectivity index (χ1n) is 7.63. The Morgan fingerprint density at radius 1 is 1.15 bits per heavy atom. The van der Waals surface area contributed by atoms with E-state index in [1.54, 1.807) is 0 Å². The molecule has 1 N–H and O–H groups in total. The van der Waals surface area contributed by atoms with Crippen molar-refractivity contribution in [1.82, 2.24) is 9.55 Å². The Bertz CT molecular complexity index is 816. The largest absolute Gasteiger partial charge is 0.463 e. The van der Waals surface area contributed by atoms with Gasteiger partial charge in [0.15, 0.2) is 18.4 Å². The zero-order valence-corrected chi connectivity index (χ0v) is 15.1. The summed E-state index contributed by atoms with van der Waals surface area (Å²) in [5.41, 5.74) is -0.602. The lowest BCUT2D eigenvalue weighted by Gasteiger charge is -2.23. The summed E-state index contributed by atoms with van der Waals surface area (Å²) >= 11 is 4.89. The van der Waals surface area contributed by atoms with Gasteiger partial charge < -0.3 is 18.9 Å². The summed E-state index contributed by atoms with van der Waals surface area (Å²) in [4.78, 5) is 48.7. The summed E-state index contributed by atoms with van der Waals surface area (Å²) in [5, 5.41) is 0. The Hall–Kier alpha value is -2.53. The number of rotatable bonds is 5. The maximum Gasteiger partial charge on any atom is 0.328 e. The second-order valence-corrected chi connectivity index (χ2v) is 5.97. The van der Waals surface area contributed by atoms with Crippen molar-refractivity contribution in [3.63, 3.8) is 0 Å². The number of esters is 3. The normalized spacial score (nSPS) is 24.7. The molecule has 0 amide bonds. The quantitative estimate of drug-likeness (QED) is 0.430. The molecule has 1 aromatic heterocycles. The minimum absolute atomic E-state index is 0.210. The number of aromatic nitrogens is 2. The van der Waals surface area contributed by atoms with Crippen LogP contribution < -0.4 is 5.69 Å². The summed E-state index contributed by atoms with van der Waals surface area (Å²) in [5.74, 6) is -1.88. The third-order valence-corrected chi connectivity index (χ3v) is 3.70. The van der Waals surface area contributed by atoms with Crippen LogP contribution in [0.25, 0.3) is 0 Å². The Balaban J connectivity index is 2.41. The highest BCUT2D eigenvalue weighted by atomic mass is 32.1. The lowest BCUT2D eigenvalue weighted by atomic mass is 10.1. The molecule has 0 saturated carbocycles. The van der Waals surface area contributed by atoms with Crippen molar-refractivity contribution in [3.8, 4) is 0 Å². The molecule has 10 nitrogen and oxygen atoms in total. The highest BCUT2D eigenvalue weighted by Crippen LogP contribution is 2.33. The first-order chi connectivity index (χ1) is 12.2. The van der Waals surface area contributed by atoms with E-state index in [0.717, 1.165) is 4.57 Å². The van der Waals surface area contributed by atoms with Crippen molar-refractivity contribution in [3.05, 3.63) is 27.4 Å². The minimum Gasteiger partial charge on any atom is -0.463 e. The second kappa shape index (κ2) is 8.23. The van der Waals surface area contributed by atoms with Gasteiger partial charge in [-0.2, -0.15) is 0 Å². The van der Waals surface area contributed by atoms with Crippen LogP contribution in [0.3, 0.4) is 0 Å². The Morgan fingerprint density at radius 3 is 2.31 bits per heavy atom. The molecule has 1 fully saturated rings. The molecule has 0 unspecified atom stereocenters. The molecule has 142 valence electrons. The zero-order valence-electron chi connectivity index (χ0n) is 14.3. The number of carbonyl (C=O) groups excluding carboxylic acids is 3. The van der Waals surface area contributed by atoms with Gasteiger partial charge in [-0.15, -0.1) is 0 Å². The molecule has 0 spiro atoms. The van der Waals surface area contributed by atoms with E-state index in [1.165, 1.54) is 33.0 Å². The van der Waals surface area contributed by atoms with E-state index < -0.39 is 48.1 Å². The van der Waals surface area contributed by atoms with Gasteiger partial charge in [-0.25, -0.2) is 4.79 Å². The fraction of sp³-hybridized carbons (Fsp3) is 0.533. The van der Waals surface area contributed by atoms with Crippen LogP contribution in [0.2, 0.25) is 0 Å². The number of nitrogens with one attached hydrogen (secondary N) is 1. The van der Waals surface area contributed by atoms with Gasteiger partial charge in [0.25, 0.3) is 0 Å². The smallest absolute Gasteiger partial charge is 0.328 e. The van der Waals surface area contributed by atoms with Crippen LogP contribution in [0, 0.1) is 4.64 Å². The number of hydrogen-bond donors (Lipinski definition) is 1. The van der Waals surface area contributed by atoms with Crippen molar-refractivity contribution in [2.24, 2.45) is 0 Å². The predicted octanol–water partition coefficient (Wildman–Crippen LogP) is 0.230. The van der Waals surface area contributed by atoms with E-state index in [9.17, 15) is 19.2 Å². The van der Waals surface area contributed by atoms with Crippen LogP contribution in [-0.4, -0.2) is 52.4 Å². The van der Waals surface area contributed by atoms with Crippen molar-refractivity contribution in [1.29, 1.82) is 0 Å². The molecule has 0 aliphatic carbocycles. The monoisotopic (exact) mass is 386 g/mol. The third kappa shape index (κ3) is 4.76. The molecule has 1 aliphatic rings. The predicted molar refractivity (Wildman–Crippen MR) is 87.5 cm³/mol. The molecular weight excluding hydrogens is 368 g/mol. The second-order valence-electron chi connectivity index (χ2n) is 5.53. The number of carbonyl (C=O) groups is 3. The molecular formula is C15H18N2O8S. The van der Waals surface area contributed by atoms with Crippen LogP contribution >= 0.6 is 12.2 Å². The molecule has 1 saturated heterocycles. The molecule has 0 radical (unpaired) electrons. The van der Waals surface area contributed by atoms with Crippen LogP contribution in [0.4, 0.5) is 0 Å². The van der Waals surface area contributed by atoms with Gasteiger partial charge in [0.05, 0.1) is 0 Å². The summed E-state index contributed by atoms with van der Waals surface area (Å²) in [7, 11) is 0. The number of nitrogens with zero attached hydrogens (tertiary/aromatic N) is 1. The van der Waals surface area contributed by atoms with Gasteiger partial charge in [0.2, 0.25) is 0 Å². The average Bonchev–Trinajstić information content (AvgIpc) is 2.82. The summed E-state index contributed by atoms with van der Waals surface area (Å²) < 4.78 is 22.4. The lowest BCUT2D eigenvalue weighted by molar-refractivity contribution is -0.166.